The molecule has 1 aliphatic carbocycles. The average Bonchev–Trinajstić information content (AvgIpc) is 2.82. The lowest BCUT2D eigenvalue weighted by Crippen LogP contribution is -2.45. The summed E-state index contributed by atoms with van der Waals surface area (Å²) in [5.74, 6) is 0.552. The molecule has 0 radical (unpaired) electrons. The second-order valence-corrected chi connectivity index (χ2v) is 6.34. The predicted molar refractivity (Wildman–Crippen MR) is 75.8 cm³/mol. The van der Waals surface area contributed by atoms with Crippen molar-refractivity contribution in [2.45, 2.75) is 44.5 Å². The summed E-state index contributed by atoms with van der Waals surface area (Å²) < 4.78 is 25.6. The number of ether oxygens (including phenoxy) is 2. The monoisotopic (exact) mass is 289 g/mol. The highest BCUT2D eigenvalue weighted by molar-refractivity contribution is 5.16. The molecule has 1 aromatic carbocycles. The number of nitrogens with zero attached hydrogens (tertiary/aromatic N) is 1. The molecule has 3 rings (SSSR count). The van der Waals surface area contributed by atoms with Gasteiger partial charge in [0, 0.05) is 12.0 Å². The van der Waals surface area contributed by atoms with Crippen molar-refractivity contribution < 1.29 is 13.9 Å². The van der Waals surface area contributed by atoms with Crippen molar-refractivity contribution >= 4 is 0 Å². The van der Waals surface area contributed by atoms with Gasteiger partial charge in [0.2, 0.25) is 0 Å². The number of halogens is 1. The first-order valence-corrected chi connectivity index (χ1v) is 7.48. The number of benzene rings is 1. The van der Waals surface area contributed by atoms with Crippen molar-refractivity contribution in [1.29, 1.82) is 5.26 Å². The summed E-state index contributed by atoms with van der Waals surface area (Å²) >= 11 is 0. The Kier molecular flexibility index (Phi) is 3.97. The normalized spacial score (nSPS) is 34.6. The first-order chi connectivity index (χ1) is 10.1. The lowest BCUT2D eigenvalue weighted by molar-refractivity contribution is -0.124. The highest BCUT2D eigenvalue weighted by Crippen LogP contribution is 2.47. The van der Waals surface area contributed by atoms with Gasteiger partial charge < -0.3 is 9.47 Å². The smallest absolute Gasteiger partial charge is 0.128 e. The number of rotatable bonds is 4. The molecule has 21 heavy (non-hydrogen) atoms. The SMILES string of the molecule is C[C@]12C[C@H](CO1)[C@H](CC#N)C[C@@H]2OCc1ccccc1F. The van der Waals surface area contributed by atoms with Crippen LogP contribution in [-0.4, -0.2) is 18.3 Å². The highest BCUT2D eigenvalue weighted by Gasteiger charge is 2.51. The molecule has 3 nitrogen and oxygen atoms in total. The van der Waals surface area contributed by atoms with E-state index in [1.54, 1.807) is 12.1 Å². The van der Waals surface area contributed by atoms with Crippen LogP contribution in [0.3, 0.4) is 0 Å². The molecule has 0 N–H and O–H groups in total. The highest BCUT2D eigenvalue weighted by atomic mass is 19.1. The third-order valence-corrected chi connectivity index (χ3v) is 4.91. The minimum atomic E-state index is -0.290. The molecule has 112 valence electrons. The van der Waals surface area contributed by atoms with Gasteiger partial charge in [0.25, 0.3) is 0 Å². The van der Waals surface area contributed by atoms with Crippen LogP contribution in [0.15, 0.2) is 24.3 Å². The third-order valence-electron chi connectivity index (χ3n) is 4.91. The Morgan fingerprint density at radius 1 is 1.48 bits per heavy atom. The van der Waals surface area contributed by atoms with Crippen LogP contribution in [0.5, 0.6) is 0 Å². The third kappa shape index (κ3) is 2.81. The van der Waals surface area contributed by atoms with E-state index in [0.29, 0.717) is 30.4 Å². The van der Waals surface area contributed by atoms with Crippen LogP contribution >= 0.6 is 0 Å². The fraction of sp³-hybridized carbons (Fsp3) is 0.588. The quantitative estimate of drug-likeness (QED) is 0.852. The van der Waals surface area contributed by atoms with Crippen molar-refractivity contribution in [3.8, 4) is 6.07 Å². The van der Waals surface area contributed by atoms with Crippen molar-refractivity contribution in [2.24, 2.45) is 11.8 Å². The minimum absolute atomic E-state index is 0.0748. The van der Waals surface area contributed by atoms with E-state index in [0.717, 1.165) is 12.8 Å². The zero-order chi connectivity index (χ0) is 14.9. The maximum atomic E-state index is 13.7. The standard InChI is InChI=1S/C17H20FNO2/c1-17-9-14(11-21-17)12(6-7-19)8-16(17)20-10-13-4-2-3-5-15(13)18/h2-5,12,14,16H,6,8-11H2,1H3/t12-,14-,16+,17-/m1/s1. The Hall–Kier alpha value is -1.44. The van der Waals surface area contributed by atoms with Gasteiger partial charge in [0.15, 0.2) is 0 Å². The van der Waals surface area contributed by atoms with Crippen molar-refractivity contribution in [3.63, 3.8) is 0 Å². The summed E-state index contributed by atoms with van der Waals surface area (Å²) in [5, 5.41) is 8.96. The summed E-state index contributed by atoms with van der Waals surface area (Å²) in [4.78, 5) is 0. The number of hydrogen-bond acceptors (Lipinski definition) is 3. The van der Waals surface area contributed by atoms with Crippen LogP contribution in [0.1, 0.15) is 31.7 Å². The minimum Gasteiger partial charge on any atom is -0.372 e. The van der Waals surface area contributed by atoms with E-state index >= 15 is 0 Å². The molecular formula is C17H20FNO2. The number of fused-ring (bicyclic) bond motifs is 2. The number of hydrogen-bond donors (Lipinski definition) is 0. The zero-order valence-corrected chi connectivity index (χ0v) is 12.2. The fourth-order valence-electron chi connectivity index (χ4n) is 3.60. The number of nitriles is 1. The van der Waals surface area contributed by atoms with Crippen molar-refractivity contribution in [1.82, 2.24) is 0 Å². The van der Waals surface area contributed by atoms with E-state index in [9.17, 15) is 4.39 Å². The summed E-state index contributed by atoms with van der Waals surface area (Å²) in [6.45, 7) is 3.03. The molecule has 1 saturated carbocycles. The predicted octanol–water partition coefficient (Wildman–Crippen LogP) is 3.44. The Morgan fingerprint density at radius 2 is 2.29 bits per heavy atom. The van der Waals surface area contributed by atoms with Crippen LogP contribution in [0.4, 0.5) is 4.39 Å². The maximum absolute atomic E-state index is 13.7. The van der Waals surface area contributed by atoms with Gasteiger partial charge in [-0.15, -0.1) is 0 Å². The second kappa shape index (κ2) is 5.75. The van der Waals surface area contributed by atoms with Gasteiger partial charge in [-0.25, -0.2) is 4.39 Å². The van der Waals surface area contributed by atoms with E-state index in [-0.39, 0.29) is 24.1 Å². The van der Waals surface area contributed by atoms with Gasteiger partial charge in [-0.2, -0.15) is 5.26 Å². The fourth-order valence-corrected chi connectivity index (χ4v) is 3.60. The Balaban J connectivity index is 1.69. The van der Waals surface area contributed by atoms with Crippen LogP contribution < -0.4 is 0 Å². The molecule has 0 spiro atoms. The van der Waals surface area contributed by atoms with Gasteiger partial charge in [0.05, 0.1) is 31.0 Å². The van der Waals surface area contributed by atoms with E-state index in [1.807, 2.05) is 6.07 Å². The summed E-state index contributed by atoms with van der Waals surface area (Å²) in [7, 11) is 0. The molecular weight excluding hydrogens is 269 g/mol. The molecule has 0 amide bonds. The molecule has 1 saturated heterocycles. The van der Waals surface area contributed by atoms with Gasteiger partial charge in [-0.3, -0.25) is 0 Å². The maximum Gasteiger partial charge on any atom is 0.128 e. The first-order valence-electron chi connectivity index (χ1n) is 7.48. The molecule has 2 fully saturated rings. The molecule has 1 heterocycles. The van der Waals surface area contributed by atoms with Crippen molar-refractivity contribution in [3.05, 3.63) is 35.6 Å². The molecule has 2 aliphatic rings. The van der Waals surface area contributed by atoms with Crippen molar-refractivity contribution in [2.75, 3.05) is 6.61 Å². The van der Waals surface area contributed by atoms with E-state index in [2.05, 4.69) is 13.0 Å². The van der Waals surface area contributed by atoms with Crippen LogP contribution in [0, 0.1) is 29.0 Å². The average molecular weight is 289 g/mol. The molecule has 1 aromatic rings. The van der Waals surface area contributed by atoms with Gasteiger partial charge in [-0.1, -0.05) is 18.2 Å². The zero-order valence-electron chi connectivity index (χ0n) is 12.2. The topological polar surface area (TPSA) is 42.2 Å². The second-order valence-electron chi connectivity index (χ2n) is 6.34. The van der Waals surface area contributed by atoms with Gasteiger partial charge in [-0.05, 0) is 37.7 Å². The Bertz CT molecular complexity index is 556. The van der Waals surface area contributed by atoms with Crippen LogP contribution in [0.25, 0.3) is 0 Å². The lowest BCUT2D eigenvalue weighted by atomic mass is 9.72. The molecule has 0 unspecified atom stereocenters. The van der Waals surface area contributed by atoms with Crippen LogP contribution in [0.2, 0.25) is 0 Å². The van der Waals surface area contributed by atoms with E-state index in [1.165, 1.54) is 6.07 Å². The van der Waals surface area contributed by atoms with Gasteiger partial charge >= 0.3 is 0 Å². The lowest BCUT2D eigenvalue weighted by Gasteiger charge is -2.39. The molecule has 4 atom stereocenters. The largest absolute Gasteiger partial charge is 0.372 e. The summed E-state index contributed by atoms with van der Waals surface area (Å²) in [6, 6.07) is 8.94. The summed E-state index contributed by atoms with van der Waals surface area (Å²) in [5.41, 5.74) is 0.278. The molecule has 0 aromatic heterocycles. The molecule has 2 bridgehead atoms. The first kappa shape index (κ1) is 14.5. The Morgan fingerprint density at radius 3 is 3.05 bits per heavy atom. The van der Waals surface area contributed by atoms with Gasteiger partial charge in [0.1, 0.15) is 5.82 Å². The van der Waals surface area contributed by atoms with E-state index < -0.39 is 0 Å². The molecule has 1 aliphatic heterocycles. The Labute approximate surface area is 124 Å². The van der Waals surface area contributed by atoms with Crippen LogP contribution in [-0.2, 0) is 16.1 Å². The van der Waals surface area contributed by atoms with E-state index in [4.69, 9.17) is 14.7 Å². The summed E-state index contributed by atoms with van der Waals surface area (Å²) in [6.07, 6.45) is 2.22. The molecule has 4 heteroatoms.